The lowest BCUT2D eigenvalue weighted by Gasteiger charge is -2.39. The number of aromatic nitrogens is 5. The van der Waals surface area contributed by atoms with Crippen molar-refractivity contribution in [2.45, 2.75) is 51.1 Å². The summed E-state index contributed by atoms with van der Waals surface area (Å²) in [5, 5.41) is 12.5. The normalized spacial score (nSPS) is 21.5. The molecular formula is C18H31Cl2N7. The fourth-order valence-corrected chi connectivity index (χ4v) is 4.31. The molecule has 0 saturated carbocycles. The fraction of sp³-hybridized carbons (Fsp3) is 0.722. The average Bonchev–Trinajstić information content (AvgIpc) is 3.22. The quantitative estimate of drug-likeness (QED) is 0.828. The predicted molar refractivity (Wildman–Crippen MR) is 111 cm³/mol. The van der Waals surface area contributed by atoms with Gasteiger partial charge in [0.15, 0.2) is 5.82 Å². The molecule has 0 aliphatic carbocycles. The number of nitrogens with one attached hydrogen (secondary N) is 1. The van der Waals surface area contributed by atoms with Crippen molar-refractivity contribution in [3.8, 4) is 0 Å². The standard InChI is InChI=1S/C18H29N7.2ClH/c1-14-20-9-11-24(14)13-17-21-22-18(23(17)2)15-4-3-10-25(12-15)16-5-7-19-8-6-16;;/h9,11,15-16,19H,3-8,10,12-13H2,1-2H3;2*1H. The molecule has 2 aromatic heterocycles. The molecule has 0 spiro atoms. The summed E-state index contributed by atoms with van der Waals surface area (Å²) >= 11 is 0. The zero-order valence-electron chi connectivity index (χ0n) is 16.2. The summed E-state index contributed by atoms with van der Waals surface area (Å²) in [4.78, 5) is 6.99. The molecule has 1 N–H and O–H groups in total. The molecule has 1 atom stereocenters. The number of imidazole rings is 1. The molecule has 2 aliphatic rings. The Hall–Kier alpha value is -1.15. The summed E-state index contributed by atoms with van der Waals surface area (Å²) in [5.41, 5.74) is 0. The molecule has 0 aromatic carbocycles. The molecule has 152 valence electrons. The van der Waals surface area contributed by atoms with Gasteiger partial charge in [0, 0.05) is 37.9 Å². The molecule has 7 nitrogen and oxygen atoms in total. The minimum absolute atomic E-state index is 0. The van der Waals surface area contributed by atoms with Crippen molar-refractivity contribution in [3.63, 3.8) is 0 Å². The van der Waals surface area contributed by atoms with Gasteiger partial charge in [-0.25, -0.2) is 4.98 Å². The Morgan fingerprint density at radius 1 is 1.15 bits per heavy atom. The highest BCUT2D eigenvalue weighted by molar-refractivity contribution is 5.85. The van der Waals surface area contributed by atoms with Crippen molar-refractivity contribution in [1.29, 1.82) is 0 Å². The van der Waals surface area contributed by atoms with E-state index >= 15 is 0 Å². The molecule has 0 radical (unpaired) electrons. The first-order valence-corrected chi connectivity index (χ1v) is 9.53. The molecule has 2 saturated heterocycles. The Kier molecular flexibility index (Phi) is 8.09. The van der Waals surface area contributed by atoms with Crippen LogP contribution in [0.5, 0.6) is 0 Å². The van der Waals surface area contributed by atoms with Crippen LogP contribution in [0.1, 0.15) is 49.1 Å². The van der Waals surface area contributed by atoms with E-state index < -0.39 is 0 Å². The Bertz CT molecular complexity index is 708. The number of rotatable bonds is 4. The maximum Gasteiger partial charge on any atom is 0.152 e. The summed E-state index contributed by atoms with van der Waals surface area (Å²) in [6.07, 6.45) is 8.87. The van der Waals surface area contributed by atoms with Crippen molar-refractivity contribution in [3.05, 3.63) is 29.9 Å². The third kappa shape index (κ3) is 4.83. The zero-order chi connectivity index (χ0) is 17.2. The van der Waals surface area contributed by atoms with E-state index in [1.165, 1.54) is 32.2 Å². The van der Waals surface area contributed by atoms with Gasteiger partial charge in [0.1, 0.15) is 11.6 Å². The first-order chi connectivity index (χ1) is 12.2. The van der Waals surface area contributed by atoms with Crippen LogP contribution >= 0.6 is 24.8 Å². The Morgan fingerprint density at radius 2 is 1.93 bits per heavy atom. The minimum Gasteiger partial charge on any atom is -0.328 e. The van der Waals surface area contributed by atoms with Crippen LogP contribution in [-0.2, 0) is 13.6 Å². The van der Waals surface area contributed by atoms with E-state index in [0.29, 0.717) is 5.92 Å². The van der Waals surface area contributed by atoms with Crippen LogP contribution < -0.4 is 5.32 Å². The van der Waals surface area contributed by atoms with E-state index in [1.807, 2.05) is 19.3 Å². The third-order valence-electron chi connectivity index (χ3n) is 5.88. The molecule has 4 rings (SSSR count). The van der Waals surface area contributed by atoms with Crippen LogP contribution in [0.2, 0.25) is 0 Å². The second-order valence-corrected chi connectivity index (χ2v) is 7.45. The number of hydrogen-bond acceptors (Lipinski definition) is 5. The SMILES string of the molecule is Cc1nccn1Cc1nnc(C2CCCN(C3CCNCC3)C2)n1C.Cl.Cl. The molecule has 2 fully saturated rings. The number of aryl methyl sites for hydroxylation is 1. The number of piperidine rings is 2. The van der Waals surface area contributed by atoms with Crippen molar-refractivity contribution in [1.82, 2.24) is 34.5 Å². The van der Waals surface area contributed by atoms with Crippen LogP contribution in [0.3, 0.4) is 0 Å². The van der Waals surface area contributed by atoms with Gasteiger partial charge in [-0.1, -0.05) is 0 Å². The lowest BCUT2D eigenvalue weighted by Crippen LogP contribution is -2.47. The fourth-order valence-electron chi connectivity index (χ4n) is 4.31. The summed E-state index contributed by atoms with van der Waals surface area (Å²) in [5.74, 6) is 3.67. The first-order valence-electron chi connectivity index (χ1n) is 9.53. The highest BCUT2D eigenvalue weighted by Crippen LogP contribution is 2.28. The van der Waals surface area contributed by atoms with E-state index in [-0.39, 0.29) is 24.8 Å². The van der Waals surface area contributed by atoms with Crippen LogP contribution in [0.15, 0.2) is 12.4 Å². The van der Waals surface area contributed by atoms with Crippen molar-refractivity contribution < 1.29 is 0 Å². The molecule has 2 aliphatic heterocycles. The lowest BCUT2D eigenvalue weighted by molar-refractivity contribution is 0.120. The summed E-state index contributed by atoms with van der Waals surface area (Å²) < 4.78 is 4.33. The van der Waals surface area contributed by atoms with Gasteiger partial charge in [-0.05, 0) is 52.2 Å². The topological polar surface area (TPSA) is 63.8 Å². The van der Waals surface area contributed by atoms with Crippen LogP contribution in [0, 0.1) is 6.92 Å². The van der Waals surface area contributed by atoms with Gasteiger partial charge in [-0.3, -0.25) is 4.90 Å². The van der Waals surface area contributed by atoms with Crippen LogP contribution in [0.4, 0.5) is 0 Å². The zero-order valence-corrected chi connectivity index (χ0v) is 17.8. The Morgan fingerprint density at radius 3 is 2.63 bits per heavy atom. The monoisotopic (exact) mass is 415 g/mol. The molecule has 1 unspecified atom stereocenters. The molecular weight excluding hydrogens is 385 g/mol. The van der Waals surface area contributed by atoms with Crippen molar-refractivity contribution in [2.24, 2.45) is 7.05 Å². The lowest BCUT2D eigenvalue weighted by atomic mass is 9.93. The highest BCUT2D eigenvalue weighted by Gasteiger charge is 2.30. The number of nitrogens with zero attached hydrogens (tertiary/aromatic N) is 6. The van der Waals surface area contributed by atoms with Gasteiger partial charge in [0.25, 0.3) is 0 Å². The summed E-state index contributed by atoms with van der Waals surface area (Å²) in [6, 6.07) is 0.741. The van der Waals surface area contributed by atoms with Crippen molar-refractivity contribution in [2.75, 3.05) is 26.2 Å². The number of hydrogen-bond donors (Lipinski definition) is 1. The molecule has 4 heterocycles. The number of likely N-dealkylation sites (tertiary alicyclic amines) is 1. The second kappa shape index (κ2) is 9.87. The Labute approximate surface area is 173 Å². The van der Waals surface area contributed by atoms with Crippen LogP contribution in [0.25, 0.3) is 0 Å². The van der Waals surface area contributed by atoms with Gasteiger partial charge in [0.05, 0.1) is 6.54 Å². The van der Waals surface area contributed by atoms with E-state index in [0.717, 1.165) is 49.7 Å². The van der Waals surface area contributed by atoms with E-state index in [4.69, 9.17) is 0 Å². The van der Waals surface area contributed by atoms with E-state index in [1.54, 1.807) is 0 Å². The minimum atomic E-state index is 0. The van der Waals surface area contributed by atoms with Gasteiger partial charge in [-0.2, -0.15) is 0 Å². The Balaban J connectivity index is 0.00000131. The smallest absolute Gasteiger partial charge is 0.152 e. The summed E-state index contributed by atoms with van der Waals surface area (Å²) in [7, 11) is 2.11. The van der Waals surface area contributed by atoms with Crippen molar-refractivity contribution >= 4 is 24.8 Å². The van der Waals surface area contributed by atoms with E-state index in [2.05, 4.69) is 41.6 Å². The average molecular weight is 416 g/mol. The van der Waals surface area contributed by atoms with E-state index in [9.17, 15) is 0 Å². The first kappa shape index (κ1) is 22.1. The third-order valence-corrected chi connectivity index (χ3v) is 5.88. The second-order valence-electron chi connectivity index (χ2n) is 7.45. The highest BCUT2D eigenvalue weighted by atomic mass is 35.5. The molecule has 27 heavy (non-hydrogen) atoms. The largest absolute Gasteiger partial charge is 0.328 e. The predicted octanol–water partition coefficient (Wildman–Crippen LogP) is 2.14. The summed E-state index contributed by atoms with van der Waals surface area (Å²) in [6.45, 7) is 7.44. The molecule has 0 amide bonds. The molecule has 9 heteroatoms. The maximum atomic E-state index is 4.57. The van der Waals surface area contributed by atoms with Crippen LogP contribution in [-0.4, -0.2) is 61.4 Å². The van der Waals surface area contributed by atoms with Gasteiger partial charge in [0.2, 0.25) is 0 Å². The molecule has 0 bridgehead atoms. The van der Waals surface area contributed by atoms with Gasteiger partial charge >= 0.3 is 0 Å². The molecule has 2 aromatic rings. The maximum absolute atomic E-state index is 4.57. The van der Waals surface area contributed by atoms with Gasteiger partial charge < -0.3 is 14.5 Å². The number of halogens is 2. The van der Waals surface area contributed by atoms with Gasteiger partial charge in [-0.15, -0.1) is 35.0 Å².